The van der Waals surface area contributed by atoms with Crippen LogP contribution in [0.4, 0.5) is 0 Å². The van der Waals surface area contributed by atoms with Crippen molar-refractivity contribution in [2.24, 2.45) is 5.92 Å². The van der Waals surface area contributed by atoms with E-state index >= 15 is 0 Å². The number of nitriles is 1. The SMILES string of the molecule is COc1ccccc1CN1CCC(NC(=O)C(Oc2ccccc2C#N)C(C)C)CC1. The average Bonchev–Trinajstić information content (AvgIpc) is 2.79. The van der Waals surface area contributed by atoms with Gasteiger partial charge in [-0.2, -0.15) is 5.26 Å². The zero-order chi connectivity index (χ0) is 22.2. The number of methoxy groups -OCH3 is 1. The molecule has 0 saturated carbocycles. The first-order valence-electron chi connectivity index (χ1n) is 10.8. The Hall–Kier alpha value is -3.04. The predicted octanol–water partition coefficient (Wildman–Crippen LogP) is 3.75. The van der Waals surface area contributed by atoms with Gasteiger partial charge in [0.25, 0.3) is 5.91 Å². The number of nitrogens with zero attached hydrogens (tertiary/aromatic N) is 2. The van der Waals surface area contributed by atoms with E-state index < -0.39 is 6.10 Å². The number of piperidine rings is 1. The number of ether oxygens (including phenoxy) is 2. The van der Waals surface area contributed by atoms with Crippen molar-refractivity contribution in [3.8, 4) is 17.6 Å². The topological polar surface area (TPSA) is 74.6 Å². The third-order valence-corrected chi connectivity index (χ3v) is 5.65. The Bertz CT molecular complexity index is 914. The lowest BCUT2D eigenvalue weighted by atomic mass is 10.0. The molecule has 1 fully saturated rings. The Morgan fingerprint density at radius 1 is 1.13 bits per heavy atom. The number of hydrogen-bond acceptors (Lipinski definition) is 5. The lowest BCUT2D eigenvalue weighted by Gasteiger charge is -2.33. The van der Waals surface area contributed by atoms with Crippen molar-refractivity contribution in [3.63, 3.8) is 0 Å². The lowest BCUT2D eigenvalue weighted by Crippen LogP contribution is -2.50. The third-order valence-electron chi connectivity index (χ3n) is 5.65. The molecule has 1 N–H and O–H groups in total. The van der Waals surface area contributed by atoms with Gasteiger partial charge in [-0.05, 0) is 37.0 Å². The Kier molecular flexibility index (Phi) is 7.91. The van der Waals surface area contributed by atoms with E-state index in [0.717, 1.165) is 38.2 Å². The molecule has 1 unspecified atom stereocenters. The molecule has 1 amide bonds. The molecule has 1 heterocycles. The van der Waals surface area contributed by atoms with E-state index in [0.29, 0.717) is 11.3 Å². The highest BCUT2D eigenvalue weighted by atomic mass is 16.5. The smallest absolute Gasteiger partial charge is 0.261 e. The molecule has 6 nitrogen and oxygen atoms in total. The minimum atomic E-state index is -0.638. The van der Waals surface area contributed by atoms with Gasteiger partial charge in [0.1, 0.15) is 17.6 Å². The van der Waals surface area contributed by atoms with Gasteiger partial charge in [0.2, 0.25) is 0 Å². The van der Waals surface area contributed by atoms with Gasteiger partial charge >= 0.3 is 0 Å². The van der Waals surface area contributed by atoms with Crippen molar-refractivity contribution < 1.29 is 14.3 Å². The molecule has 164 valence electrons. The molecule has 6 heteroatoms. The van der Waals surface area contributed by atoms with Gasteiger partial charge in [0.05, 0.1) is 12.7 Å². The first kappa shape index (κ1) is 22.6. The summed E-state index contributed by atoms with van der Waals surface area (Å²) in [6.45, 7) is 6.57. The van der Waals surface area contributed by atoms with Gasteiger partial charge < -0.3 is 14.8 Å². The largest absolute Gasteiger partial charge is 0.496 e. The van der Waals surface area contributed by atoms with E-state index in [9.17, 15) is 10.1 Å². The lowest BCUT2D eigenvalue weighted by molar-refractivity contribution is -0.130. The second-order valence-electron chi connectivity index (χ2n) is 8.26. The Morgan fingerprint density at radius 3 is 2.42 bits per heavy atom. The molecular formula is C25H31N3O3. The average molecular weight is 422 g/mol. The molecule has 0 radical (unpaired) electrons. The molecule has 3 rings (SSSR count). The first-order valence-corrected chi connectivity index (χ1v) is 10.8. The van der Waals surface area contributed by atoms with Gasteiger partial charge in [-0.1, -0.05) is 44.2 Å². The molecule has 0 spiro atoms. The van der Waals surface area contributed by atoms with Crippen molar-refractivity contribution in [2.45, 2.75) is 45.4 Å². The third kappa shape index (κ3) is 5.99. The van der Waals surface area contributed by atoms with E-state index in [1.54, 1.807) is 25.3 Å². The number of carbonyl (C=O) groups excluding carboxylic acids is 1. The van der Waals surface area contributed by atoms with Crippen molar-refractivity contribution in [2.75, 3.05) is 20.2 Å². The number of benzene rings is 2. The number of nitrogens with one attached hydrogen (secondary N) is 1. The normalized spacial score (nSPS) is 15.8. The Labute approximate surface area is 184 Å². The fourth-order valence-corrected chi connectivity index (χ4v) is 3.88. The minimum absolute atomic E-state index is 0.0163. The highest BCUT2D eigenvalue weighted by Crippen LogP contribution is 2.23. The number of hydrogen-bond donors (Lipinski definition) is 1. The molecule has 31 heavy (non-hydrogen) atoms. The number of para-hydroxylation sites is 2. The number of likely N-dealkylation sites (tertiary alicyclic amines) is 1. The molecule has 0 aliphatic carbocycles. The maximum Gasteiger partial charge on any atom is 0.261 e. The maximum atomic E-state index is 13.0. The van der Waals surface area contributed by atoms with Crippen LogP contribution < -0.4 is 14.8 Å². The van der Waals surface area contributed by atoms with E-state index in [4.69, 9.17) is 9.47 Å². The van der Waals surface area contributed by atoms with Gasteiger partial charge in [0.15, 0.2) is 6.10 Å². The van der Waals surface area contributed by atoms with Crippen LogP contribution in [-0.4, -0.2) is 43.2 Å². The number of rotatable bonds is 8. The fraction of sp³-hybridized carbons (Fsp3) is 0.440. The first-order chi connectivity index (χ1) is 15.0. The van der Waals surface area contributed by atoms with Crippen LogP contribution in [0.3, 0.4) is 0 Å². The Morgan fingerprint density at radius 2 is 1.77 bits per heavy atom. The van der Waals surface area contributed by atoms with Crippen LogP contribution >= 0.6 is 0 Å². The summed E-state index contributed by atoms with van der Waals surface area (Å²) in [6, 6.07) is 17.4. The molecule has 1 saturated heterocycles. The summed E-state index contributed by atoms with van der Waals surface area (Å²) in [6.07, 6.45) is 1.14. The highest BCUT2D eigenvalue weighted by Gasteiger charge is 2.29. The van der Waals surface area contributed by atoms with Crippen LogP contribution in [0.15, 0.2) is 48.5 Å². The summed E-state index contributed by atoms with van der Waals surface area (Å²) in [4.78, 5) is 15.4. The van der Waals surface area contributed by atoms with Crippen LogP contribution in [0, 0.1) is 17.2 Å². The standard InChI is InChI=1S/C25H31N3O3/c1-18(2)24(31-23-11-7-4-8-19(23)16-26)25(29)27-21-12-14-28(15-13-21)17-20-9-5-6-10-22(20)30-3/h4-11,18,21,24H,12-15,17H2,1-3H3,(H,27,29). The summed E-state index contributed by atoms with van der Waals surface area (Å²) in [7, 11) is 1.70. The second-order valence-corrected chi connectivity index (χ2v) is 8.26. The molecule has 1 aliphatic rings. The minimum Gasteiger partial charge on any atom is -0.496 e. The van der Waals surface area contributed by atoms with E-state index in [-0.39, 0.29) is 17.9 Å². The van der Waals surface area contributed by atoms with Gasteiger partial charge in [-0.15, -0.1) is 0 Å². The molecule has 0 bridgehead atoms. The molecule has 1 aliphatic heterocycles. The van der Waals surface area contributed by atoms with Crippen LogP contribution in [0.25, 0.3) is 0 Å². The van der Waals surface area contributed by atoms with Crippen LogP contribution in [0.1, 0.15) is 37.8 Å². The molecule has 2 aromatic carbocycles. The van der Waals surface area contributed by atoms with Crippen LogP contribution in [0.2, 0.25) is 0 Å². The van der Waals surface area contributed by atoms with E-state index in [1.165, 1.54) is 5.56 Å². The van der Waals surface area contributed by atoms with Crippen LogP contribution in [-0.2, 0) is 11.3 Å². The van der Waals surface area contributed by atoms with E-state index in [2.05, 4.69) is 22.4 Å². The summed E-state index contributed by atoms with van der Waals surface area (Å²) in [5.74, 6) is 1.22. The van der Waals surface area contributed by atoms with Gasteiger partial charge in [0, 0.05) is 31.2 Å². The predicted molar refractivity (Wildman–Crippen MR) is 120 cm³/mol. The van der Waals surface area contributed by atoms with Gasteiger partial charge in [-0.25, -0.2) is 0 Å². The summed E-state index contributed by atoms with van der Waals surface area (Å²) in [5.41, 5.74) is 1.61. The molecule has 2 aromatic rings. The highest BCUT2D eigenvalue weighted by molar-refractivity contribution is 5.81. The fourth-order valence-electron chi connectivity index (χ4n) is 3.88. The van der Waals surface area contributed by atoms with Crippen molar-refractivity contribution in [3.05, 3.63) is 59.7 Å². The number of amides is 1. The molecule has 1 atom stereocenters. The summed E-state index contributed by atoms with van der Waals surface area (Å²) >= 11 is 0. The zero-order valence-electron chi connectivity index (χ0n) is 18.5. The quantitative estimate of drug-likeness (QED) is 0.703. The van der Waals surface area contributed by atoms with Gasteiger partial charge in [-0.3, -0.25) is 9.69 Å². The van der Waals surface area contributed by atoms with Crippen molar-refractivity contribution >= 4 is 5.91 Å². The number of carbonyl (C=O) groups is 1. The summed E-state index contributed by atoms with van der Waals surface area (Å²) < 4.78 is 11.4. The van der Waals surface area contributed by atoms with Crippen molar-refractivity contribution in [1.29, 1.82) is 5.26 Å². The maximum absolute atomic E-state index is 13.0. The summed E-state index contributed by atoms with van der Waals surface area (Å²) in [5, 5.41) is 12.5. The monoisotopic (exact) mass is 421 g/mol. The zero-order valence-corrected chi connectivity index (χ0v) is 18.5. The molecular weight excluding hydrogens is 390 g/mol. The van der Waals surface area contributed by atoms with E-state index in [1.807, 2.05) is 38.1 Å². The Balaban J connectivity index is 1.55. The van der Waals surface area contributed by atoms with Crippen LogP contribution in [0.5, 0.6) is 11.5 Å². The second kappa shape index (κ2) is 10.8. The van der Waals surface area contributed by atoms with Crippen molar-refractivity contribution in [1.82, 2.24) is 10.2 Å². The molecule has 0 aromatic heterocycles.